The molecule has 1 atom stereocenters. The number of carbonyl (C=O) groups is 1. The zero-order valence-corrected chi connectivity index (χ0v) is 12.3. The van der Waals surface area contributed by atoms with Crippen LogP contribution in [0.3, 0.4) is 0 Å². The van der Waals surface area contributed by atoms with E-state index in [2.05, 4.69) is 11.4 Å². The third-order valence-corrected chi connectivity index (χ3v) is 4.01. The van der Waals surface area contributed by atoms with Gasteiger partial charge < -0.3 is 19.7 Å². The molecule has 1 aromatic rings. The molecule has 2 aliphatic rings. The molecule has 0 saturated carbocycles. The van der Waals surface area contributed by atoms with Gasteiger partial charge in [0, 0.05) is 19.0 Å². The van der Waals surface area contributed by atoms with Crippen molar-refractivity contribution in [2.24, 2.45) is 5.92 Å². The molecule has 0 bridgehead atoms. The van der Waals surface area contributed by atoms with Crippen molar-refractivity contribution in [1.82, 2.24) is 10.2 Å². The first-order valence-corrected chi connectivity index (χ1v) is 7.57. The van der Waals surface area contributed by atoms with Crippen LogP contribution in [0.25, 0.3) is 0 Å². The number of amides is 2. The van der Waals surface area contributed by atoms with E-state index in [0.29, 0.717) is 32.0 Å². The average molecular weight is 301 g/mol. The molecule has 6 nitrogen and oxygen atoms in total. The predicted octanol–water partition coefficient (Wildman–Crippen LogP) is 1.77. The van der Waals surface area contributed by atoms with Crippen LogP contribution in [-0.2, 0) is 0 Å². The average Bonchev–Trinajstić information content (AvgIpc) is 2.59. The number of nitrogens with zero attached hydrogens (tertiary/aromatic N) is 2. The highest BCUT2D eigenvalue weighted by Crippen LogP contribution is 2.30. The van der Waals surface area contributed by atoms with E-state index < -0.39 is 0 Å². The molecule has 1 fully saturated rings. The lowest BCUT2D eigenvalue weighted by atomic mass is 9.99. The molecule has 1 aromatic carbocycles. The number of carbonyl (C=O) groups excluding carboxylic acids is 1. The fourth-order valence-electron chi connectivity index (χ4n) is 2.69. The predicted molar refractivity (Wildman–Crippen MR) is 79.7 cm³/mol. The highest BCUT2D eigenvalue weighted by molar-refractivity contribution is 5.74. The number of rotatable bonds is 2. The second-order valence-electron chi connectivity index (χ2n) is 5.57. The lowest BCUT2D eigenvalue weighted by Crippen LogP contribution is -2.48. The quantitative estimate of drug-likeness (QED) is 0.903. The first-order valence-electron chi connectivity index (χ1n) is 7.57. The van der Waals surface area contributed by atoms with Crippen molar-refractivity contribution >= 4 is 6.03 Å². The Labute approximate surface area is 129 Å². The van der Waals surface area contributed by atoms with E-state index in [-0.39, 0.29) is 18.1 Å². The van der Waals surface area contributed by atoms with Gasteiger partial charge in [0.05, 0.1) is 12.6 Å². The summed E-state index contributed by atoms with van der Waals surface area (Å²) in [6.07, 6.45) is 1.32. The normalized spacial score (nSPS) is 21.0. The number of fused-ring (bicyclic) bond motifs is 1. The summed E-state index contributed by atoms with van der Waals surface area (Å²) < 4.78 is 11.4. The van der Waals surface area contributed by atoms with Gasteiger partial charge in [-0.1, -0.05) is 12.1 Å². The molecule has 1 saturated heterocycles. The summed E-state index contributed by atoms with van der Waals surface area (Å²) in [5, 5.41) is 11.8. The Morgan fingerprint density at radius 3 is 2.77 bits per heavy atom. The third-order valence-electron chi connectivity index (χ3n) is 4.01. The van der Waals surface area contributed by atoms with Crippen LogP contribution < -0.4 is 14.8 Å². The van der Waals surface area contributed by atoms with Gasteiger partial charge in [0.2, 0.25) is 0 Å². The molecular weight excluding hydrogens is 282 g/mol. The summed E-state index contributed by atoms with van der Waals surface area (Å²) in [5.74, 6) is 1.53. The molecule has 0 radical (unpaired) electrons. The monoisotopic (exact) mass is 301 g/mol. The minimum absolute atomic E-state index is 0.0793. The minimum atomic E-state index is -0.185. The van der Waals surface area contributed by atoms with Gasteiger partial charge in [0.25, 0.3) is 0 Å². The Bertz CT molecular complexity index is 576. The van der Waals surface area contributed by atoms with Gasteiger partial charge in [-0.05, 0) is 25.0 Å². The molecule has 1 N–H and O–H groups in total. The molecule has 3 rings (SSSR count). The van der Waals surface area contributed by atoms with Crippen molar-refractivity contribution in [3.8, 4) is 17.6 Å². The summed E-state index contributed by atoms with van der Waals surface area (Å²) >= 11 is 0. The number of likely N-dealkylation sites (tertiary alicyclic amines) is 1. The second-order valence-corrected chi connectivity index (χ2v) is 5.57. The SMILES string of the molecule is N#CC1CCN(C(=O)NCC2COc3ccccc3O2)CC1. The Kier molecular flexibility index (Phi) is 4.33. The fourth-order valence-corrected chi connectivity index (χ4v) is 2.69. The van der Waals surface area contributed by atoms with Crippen molar-refractivity contribution in [1.29, 1.82) is 5.26 Å². The van der Waals surface area contributed by atoms with E-state index in [1.165, 1.54) is 0 Å². The molecular formula is C16H19N3O3. The number of piperidine rings is 1. The highest BCUT2D eigenvalue weighted by Gasteiger charge is 2.25. The smallest absolute Gasteiger partial charge is 0.317 e. The van der Waals surface area contributed by atoms with E-state index in [4.69, 9.17) is 14.7 Å². The summed E-state index contributed by atoms with van der Waals surface area (Å²) in [6.45, 7) is 2.10. The van der Waals surface area contributed by atoms with Crippen LogP contribution >= 0.6 is 0 Å². The summed E-state index contributed by atoms with van der Waals surface area (Å²) in [6, 6.07) is 9.67. The number of nitriles is 1. The minimum Gasteiger partial charge on any atom is -0.486 e. The van der Waals surface area contributed by atoms with Crippen LogP contribution in [0.5, 0.6) is 11.5 Å². The number of benzene rings is 1. The summed E-state index contributed by atoms with van der Waals surface area (Å²) in [5.41, 5.74) is 0. The first-order chi connectivity index (χ1) is 10.8. The van der Waals surface area contributed by atoms with Gasteiger partial charge in [-0.2, -0.15) is 5.26 Å². The standard InChI is InChI=1S/C16H19N3O3/c17-9-12-5-7-19(8-6-12)16(20)18-10-13-11-21-14-3-1-2-4-15(14)22-13/h1-4,12-13H,5-8,10-11H2,(H,18,20). The van der Waals surface area contributed by atoms with Crippen LogP contribution in [0, 0.1) is 17.2 Å². The maximum atomic E-state index is 12.1. The van der Waals surface area contributed by atoms with Gasteiger partial charge in [0.15, 0.2) is 17.6 Å². The molecule has 0 aliphatic carbocycles. The molecule has 2 aliphatic heterocycles. The second kappa shape index (κ2) is 6.56. The summed E-state index contributed by atoms with van der Waals surface area (Å²) in [4.78, 5) is 13.9. The largest absolute Gasteiger partial charge is 0.486 e. The Balaban J connectivity index is 1.46. The highest BCUT2D eigenvalue weighted by atomic mass is 16.6. The van der Waals surface area contributed by atoms with Crippen molar-refractivity contribution in [3.63, 3.8) is 0 Å². The molecule has 22 heavy (non-hydrogen) atoms. The van der Waals surface area contributed by atoms with Gasteiger partial charge >= 0.3 is 6.03 Å². The fraction of sp³-hybridized carbons (Fsp3) is 0.500. The Morgan fingerprint density at radius 1 is 1.32 bits per heavy atom. The van der Waals surface area contributed by atoms with E-state index in [9.17, 15) is 4.79 Å². The molecule has 0 spiro atoms. The third kappa shape index (κ3) is 3.25. The van der Waals surface area contributed by atoms with E-state index >= 15 is 0 Å². The zero-order valence-electron chi connectivity index (χ0n) is 12.3. The van der Waals surface area contributed by atoms with Crippen LogP contribution in [-0.4, -0.2) is 43.3 Å². The lowest BCUT2D eigenvalue weighted by molar-refractivity contribution is 0.0894. The molecule has 1 unspecified atom stereocenters. The number of nitrogens with one attached hydrogen (secondary N) is 1. The molecule has 0 aromatic heterocycles. The Hall–Kier alpha value is -2.42. The van der Waals surface area contributed by atoms with Crippen molar-refractivity contribution in [3.05, 3.63) is 24.3 Å². The van der Waals surface area contributed by atoms with Gasteiger partial charge in [-0.25, -0.2) is 4.79 Å². The maximum absolute atomic E-state index is 12.1. The van der Waals surface area contributed by atoms with Gasteiger partial charge in [-0.15, -0.1) is 0 Å². The zero-order chi connectivity index (χ0) is 15.4. The molecule has 2 heterocycles. The number of hydrogen-bond donors (Lipinski definition) is 1. The van der Waals surface area contributed by atoms with Gasteiger partial charge in [-0.3, -0.25) is 0 Å². The molecule has 2 amide bonds. The van der Waals surface area contributed by atoms with Crippen molar-refractivity contribution < 1.29 is 14.3 Å². The van der Waals surface area contributed by atoms with Crippen LogP contribution in [0.15, 0.2) is 24.3 Å². The number of ether oxygens (including phenoxy) is 2. The van der Waals surface area contributed by atoms with E-state index in [1.807, 2.05) is 24.3 Å². The summed E-state index contributed by atoms with van der Waals surface area (Å²) in [7, 11) is 0. The topological polar surface area (TPSA) is 74.6 Å². The molecule has 116 valence electrons. The maximum Gasteiger partial charge on any atom is 0.317 e. The number of para-hydroxylation sites is 2. The van der Waals surface area contributed by atoms with Crippen LogP contribution in [0.4, 0.5) is 4.79 Å². The van der Waals surface area contributed by atoms with Crippen molar-refractivity contribution in [2.45, 2.75) is 18.9 Å². The lowest BCUT2D eigenvalue weighted by Gasteiger charge is -2.31. The first kappa shape index (κ1) is 14.5. The number of hydrogen-bond acceptors (Lipinski definition) is 4. The van der Waals surface area contributed by atoms with Crippen LogP contribution in [0.1, 0.15) is 12.8 Å². The van der Waals surface area contributed by atoms with Gasteiger partial charge in [0.1, 0.15) is 6.61 Å². The van der Waals surface area contributed by atoms with Crippen LogP contribution in [0.2, 0.25) is 0 Å². The number of urea groups is 1. The van der Waals surface area contributed by atoms with Crippen molar-refractivity contribution in [2.75, 3.05) is 26.2 Å². The van der Waals surface area contributed by atoms with E-state index in [0.717, 1.165) is 18.6 Å². The molecule has 6 heteroatoms. The van der Waals surface area contributed by atoms with E-state index in [1.54, 1.807) is 4.90 Å². The Morgan fingerprint density at radius 2 is 2.05 bits per heavy atom.